The lowest BCUT2D eigenvalue weighted by Crippen LogP contribution is -2.43. The van der Waals surface area contributed by atoms with Crippen LogP contribution in [0.4, 0.5) is 0 Å². The number of rotatable bonds is 5. The maximum atomic E-state index is 11.9. The molecule has 1 saturated carbocycles. The summed E-state index contributed by atoms with van der Waals surface area (Å²) < 4.78 is 0. The van der Waals surface area contributed by atoms with Gasteiger partial charge in [-0.15, -0.1) is 0 Å². The average Bonchev–Trinajstić information content (AvgIpc) is 2.32. The summed E-state index contributed by atoms with van der Waals surface area (Å²) >= 11 is 5.65. The van der Waals surface area contributed by atoms with E-state index in [9.17, 15) is 9.59 Å². The Labute approximate surface area is 116 Å². The summed E-state index contributed by atoms with van der Waals surface area (Å²) in [5, 5.41) is 12.0. The number of nitrogens with one attached hydrogen (secondary N) is 1. The molecule has 0 spiro atoms. The Balaban J connectivity index is 1.92. The van der Waals surface area contributed by atoms with Gasteiger partial charge in [-0.2, -0.15) is 0 Å². The smallest absolute Gasteiger partial charge is 0.303 e. The molecule has 5 nitrogen and oxygen atoms in total. The summed E-state index contributed by atoms with van der Waals surface area (Å²) in [5.41, 5.74) is 0.149. The molecule has 0 bridgehead atoms. The van der Waals surface area contributed by atoms with Crippen LogP contribution in [0.3, 0.4) is 0 Å². The zero-order valence-corrected chi connectivity index (χ0v) is 11.1. The van der Waals surface area contributed by atoms with Crippen molar-refractivity contribution in [3.8, 4) is 0 Å². The third-order valence-corrected chi connectivity index (χ3v) is 3.78. The second-order valence-electron chi connectivity index (χ2n) is 4.98. The van der Waals surface area contributed by atoms with E-state index in [0.717, 1.165) is 19.3 Å². The predicted molar refractivity (Wildman–Crippen MR) is 70.1 cm³/mol. The monoisotopic (exact) mass is 282 g/mol. The lowest BCUT2D eigenvalue weighted by molar-refractivity contribution is -0.141. The van der Waals surface area contributed by atoms with Crippen LogP contribution in [0.25, 0.3) is 0 Å². The molecule has 1 aliphatic rings. The fourth-order valence-electron chi connectivity index (χ4n) is 2.29. The summed E-state index contributed by atoms with van der Waals surface area (Å²) in [6, 6.07) is 3.14. The van der Waals surface area contributed by atoms with Crippen molar-refractivity contribution in [3.63, 3.8) is 0 Å². The van der Waals surface area contributed by atoms with E-state index in [-0.39, 0.29) is 17.7 Å². The van der Waals surface area contributed by atoms with Crippen molar-refractivity contribution in [2.24, 2.45) is 5.41 Å². The average molecular weight is 283 g/mol. The Bertz CT molecular complexity index is 483. The van der Waals surface area contributed by atoms with E-state index in [1.54, 1.807) is 12.1 Å². The molecule has 1 fully saturated rings. The number of carbonyl (C=O) groups excluding carboxylic acids is 1. The number of aromatic nitrogens is 1. The first-order valence-corrected chi connectivity index (χ1v) is 6.50. The number of pyridine rings is 1. The van der Waals surface area contributed by atoms with Gasteiger partial charge in [-0.25, -0.2) is 4.98 Å². The molecule has 102 valence electrons. The van der Waals surface area contributed by atoms with Crippen molar-refractivity contribution in [2.45, 2.75) is 25.7 Å². The number of halogens is 1. The highest BCUT2D eigenvalue weighted by molar-refractivity contribution is 6.29. The summed E-state index contributed by atoms with van der Waals surface area (Å²) in [5.74, 6) is -1.07. The Morgan fingerprint density at radius 2 is 2.16 bits per heavy atom. The molecule has 0 unspecified atom stereocenters. The Morgan fingerprint density at radius 1 is 1.42 bits per heavy atom. The van der Waals surface area contributed by atoms with Gasteiger partial charge in [-0.1, -0.05) is 18.0 Å². The highest BCUT2D eigenvalue weighted by Gasteiger charge is 2.39. The van der Waals surface area contributed by atoms with Crippen LogP contribution in [0.1, 0.15) is 36.0 Å². The van der Waals surface area contributed by atoms with Gasteiger partial charge >= 0.3 is 5.97 Å². The van der Waals surface area contributed by atoms with E-state index in [2.05, 4.69) is 10.3 Å². The van der Waals surface area contributed by atoms with Crippen LogP contribution in [0.2, 0.25) is 5.15 Å². The number of hydrogen-bond acceptors (Lipinski definition) is 3. The normalized spacial score (nSPS) is 16.5. The van der Waals surface area contributed by atoms with Crippen molar-refractivity contribution in [1.82, 2.24) is 10.3 Å². The first kappa shape index (κ1) is 13.8. The van der Waals surface area contributed by atoms with Crippen molar-refractivity contribution in [1.29, 1.82) is 0 Å². The molecular formula is C13H15ClN2O3. The lowest BCUT2D eigenvalue weighted by atomic mass is 9.66. The van der Waals surface area contributed by atoms with Crippen LogP contribution in [0.15, 0.2) is 18.3 Å². The zero-order chi connectivity index (χ0) is 13.9. The third kappa shape index (κ3) is 3.44. The van der Waals surface area contributed by atoms with Crippen molar-refractivity contribution in [3.05, 3.63) is 29.0 Å². The Morgan fingerprint density at radius 3 is 2.63 bits per heavy atom. The second kappa shape index (κ2) is 5.57. The minimum atomic E-state index is -0.817. The predicted octanol–water partition coefficient (Wildman–Crippen LogP) is 2.11. The first-order chi connectivity index (χ1) is 9.01. The SMILES string of the molecule is O=C(O)CC1(CNC(=O)c2ccc(Cl)nc2)CCC1. The van der Waals surface area contributed by atoms with Crippen molar-refractivity contribution in [2.75, 3.05) is 6.54 Å². The Hall–Kier alpha value is -1.62. The maximum absolute atomic E-state index is 11.9. The van der Waals surface area contributed by atoms with Gasteiger partial charge in [-0.05, 0) is 30.4 Å². The summed E-state index contributed by atoms with van der Waals surface area (Å²) in [6.45, 7) is 0.390. The maximum Gasteiger partial charge on any atom is 0.303 e. The number of carbonyl (C=O) groups is 2. The van der Waals surface area contributed by atoms with E-state index in [0.29, 0.717) is 17.3 Å². The molecule has 1 heterocycles. The zero-order valence-electron chi connectivity index (χ0n) is 10.4. The van der Waals surface area contributed by atoms with Crippen molar-refractivity contribution >= 4 is 23.5 Å². The highest BCUT2D eigenvalue weighted by atomic mass is 35.5. The number of hydrogen-bond donors (Lipinski definition) is 2. The first-order valence-electron chi connectivity index (χ1n) is 6.12. The quantitative estimate of drug-likeness (QED) is 0.811. The fourth-order valence-corrected chi connectivity index (χ4v) is 2.41. The van der Waals surface area contributed by atoms with Gasteiger partial charge in [0.05, 0.1) is 12.0 Å². The molecule has 6 heteroatoms. The molecule has 2 N–H and O–H groups in total. The van der Waals surface area contributed by atoms with Gasteiger partial charge in [0.25, 0.3) is 5.91 Å². The molecule has 1 aromatic rings. The molecule has 0 atom stereocenters. The molecular weight excluding hydrogens is 268 g/mol. The van der Waals surface area contributed by atoms with Crippen LogP contribution in [0.5, 0.6) is 0 Å². The summed E-state index contributed by atoms with van der Waals surface area (Å²) in [4.78, 5) is 26.5. The Kier molecular flexibility index (Phi) is 4.04. The van der Waals surface area contributed by atoms with E-state index in [4.69, 9.17) is 16.7 Å². The molecule has 0 aromatic carbocycles. The number of aliphatic carboxylic acids is 1. The van der Waals surface area contributed by atoms with Crippen LogP contribution in [-0.2, 0) is 4.79 Å². The molecule has 0 aliphatic heterocycles. The lowest BCUT2D eigenvalue weighted by Gasteiger charge is -2.40. The number of nitrogens with zero attached hydrogens (tertiary/aromatic N) is 1. The van der Waals surface area contributed by atoms with Gasteiger partial charge < -0.3 is 10.4 Å². The molecule has 1 aliphatic carbocycles. The van der Waals surface area contributed by atoms with Gasteiger partial charge in [0.15, 0.2) is 0 Å². The number of carboxylic acid groups (broad SMARTS) is 1. The van der Waals surface area contributed by atoms with Crippen LogP contribution in [-0.4, -0.2) is 28.5 Å². The second-order valence-corrected chi connectivity index (χ2v) is 5.36. The van der Waals surface area contributed by atoms with Crippen molar-refractivity contribution < 1.29 is 14.7 Å². The highest BCUT2D eigenvalue weighted by Crippen LogP contribution is 2.43. The molecule has 1 aromatic heterocycles. The minimum absolute atomic E-state index is 0.103. The van der Waals surface area contributed by atoms with E-state index >= 15 is 0 Å². The van der Waals surface area contributed by atoms with E-state index < -0.39 is 5.97 Å². The number of carboxylic acids is 1. The molecule has 19 heavy (non-hydrogen) atoms. The summed E-state index contributed by atoms with van der Waals surface area (Å²) in [7, 11) is 0. The van der Waals surface area contributed by atoms with Gasteiger partial charge in [-0.3, -0.25) is 9.59 Å². The van der Waals surface area contributed by atoms with Gasteiger partial charge in [0.1, 0.15) is 5.15 Å². The fraction of sp³-hybridized carbons (Fsp3) is 0.462. The third-order valence-electron chi connectivity index (χ3n) is 3.55. The van der Waals surface area contributed by atoms with Crippen LogP contribution in [0, 0.1) is 5.41 Å². The van der Waals surface area contributed by atoms with Crippen LogP contribution >= 0.6 is 11.6 Å². The van der Waals surface area contributed by atoms with E-state index in [1.807, 2.05) is 0 Å². The van der Waals surface area contributed by atoms with E-state index in [1.165, 1.54) is 6.20 Å². The molecule has 1 amide bonds. The number of amides is 1. The molecule has 2 rings (SSSR count). The van der Waals surface area contributed by atoms with Crippen LogP contribution < -0.4 is 5.32 Å². The van der Waals surface area contributed by atoms with Gasteiger partial charge in [0, 0.05) is 12.7 Å². The van der Waals surface area contributed by atoms with Gasteiger partial charge in [0.2, 0.25) is 0 Å². The topological polar surface area (TPSA) is 79.3 Å². The standard InChI is InChI=1S/C13H15ClN2O3/c14-10-3-2-9(7-15-10)12(19)16-8-13(4-1-5-13)6-11(17)18/h2-3,7H,1,4-6,8H2,(H,16,19)(H,17,18). The largest absolute Gasteiger partial charge is 0.481 e. The minimum Gasteiger partial charge on any atom is -0.481 e. The molecule has 0 saturated heterocycles. The molecule has 0 radical (unpaired) electrons. The summed E-state index contributed by atoms with van der Waals surface area (Å²) in [6.07, 6.45) is 4.22.